The number of benzene rings is 2. The maximum absolute atomic E-state index is 11.1. The van der Waals surface area contributed by atoms with Crippen molar-refractivity contribution in [2.45, 2.75) is 39.0 Å². The zero-order valence-electron chi connectivity index (χ0n) is 23.1. The molecule has 0 aliphatic carbocycles. The molecule has 3 heterocycles. The van der Waals surface area contributed by atoms with E-state index in [1.807, 2.05) is 38.1 Å². The lowest BCUT2D eigenvalue weighted by Gasteiger charge is -2.37. The van der Waals surface area contributed by atoms with Gasteiger partial charge in [0, 0.05) is 51.0 Å². The number of carbonyl (C=O) groups is 1. The highest BCUT2D eigenvalue weighted by Gasteiger charge is 2.25. The molecule has 11 heteroatoms. The maximum atomic E-state index is 11.1. The van der Waals surface area contributed by atoms with Gasteiger partial charge in [0.05, 0.1) is 11.3 Å². The fourth-order valence-electron chi connectivity index (χ4n) is 5.74. The number of anilines is 1. The SMILES string of the molecule is CC(C)c1cc(-c2nnc(O)n2-c2ccc(N3CCN(CCC4CCN(C(=O)O)CC4)CC3)cc2)c(O)cc1O. The van der Waals surface area contributed by atoms with Crippen molar-refractivity contribution in [1.82, 2.24) is 24.6 Å². The molecule has 3 aromatic rings. The van der Waals surface area contributed by atoms with E-state index in [2.05, 4.69) is 20.0 Å². The quantitative estimate of drug-likeness (QED) is 0.343. The maximum Gasteiger partial charge on any atom is 0.407 e. The molecular formula is C29H38N6O5. The average Bonchev–Trinajstić information content (AvgIpc) is 3.33. The van der Waals surface area contributed by atoms with Crippen LogP contribution in [0.3, 0.4) is 0 Å². The first-order chi connectivity index (χ1) is 19.2. The number of nitrogens with zero attached hydrogens (tertiary/aromatic N) is 6. The third kappa shape index (κ3) is 5.79. The molecule has 5 rings (SSSR count). The van der Waals surface area contributed by atoms with Gasteiger partial charge < -0.3 is 30.2 Å². The van der Waals surface area contributed by atoms with E-state index in [4.69, 9.17) is 5.11 Å². The van der Waals surface area contributed by atoms with Crippen LogP contribution >= 0.6 is 0 Å². The molecule has 214 valence electrons. The van der Waals surface area contributed by atoms with E-state index in [1.165, 1.54) is 15.5 Å². The van der Waals surface area contributed by atoms with Crippen molar-refractivity contribution in [3.8, 4) is 34.6 Å². The number of phenols is 2. The Morgan fingerprint density at radius 1 is 0.900 bits per heavy atom. The van der Waals surface area contributed by atoms with Crippen LogP contribution in [-0.2, 0) is 0 Å². The van der Waals surface area contributed by atoms with Crippen molar-refractivity contribution >= 4 is 11.8 Å². The predicted molar refractivity (Wildman–Crippen MR) is 151 cm³/mol. The van der Waals surface area contributed by atoms with E-state index in [-0.39, 0.29) is 29.3 Å². The van der Waals surface area contributed by atoms with Gasteiger partial charge >= 0.3 is 12.1 Å². The van der Waals surface area contributed by atoms with E-state index in [0.717, 1.165) is 57.7 Å². The lowest BCUT2D eigenvalue weighted by atomic mass is 9.93. The predicted octanol–water partition coefficient (Wildman–Crippen LogP) is 4.08. The van der Waals surface area contributed by atoms with Crippen LogP contribution in [0.1, 0.15) is 44.6 Å². The molecule has 4 N–H and O–H groups in total. The van der Waals surface area contributed by atoms with Crippen molar-refractivity contribution in [2.24, 2.45) is 5.92 Å². The molecular weight excluding hydrogens is 512 g/mol. The Labute approximate surface area is 233 Å². The van der Waals surface area contributed by atoms with Gasteiger partial charge in [-0.1, -0.05) is 18.9 Å². The first kappa shape index (κ1) is 27.6. The summed E-state index contributed by atoms with van der Waals surface area (Å²) in [5.74, 6) is 0.779. The van der Waals surface area contributed by atoms with Gasteiger partial charge in [-0.25, -0.2) is 9.36 Å². The molecule has 0 radical (unpaired) electrons. The summed E-state index contributed by atoms with van der Waals surface area (Å²) in [5, 5.41) is 48.4. The van der Waals surface area contributed by atoms with Crippen molar-refractivity contribution < 1.29 is 25.2 Å². The van der Waals surface area contributed by atoms with E-state index in [0.29, 0.717) is 35.8 Å². The Kier molecular flexibility index (Phi) is 8.02. The molecule has 2 aliphatic heterocycles. The smallest absolute Gasteiger partial charge is 0.407 e. The average molecular weight is 551 g/mol. The van der Waals surface area contributed by atoms with Gasteiger partial charge in [-0.05, 0) is 73.5 Å². The van der Waals surface area contributed by atoms with Gasteiger partial charge in [0.15, 0.2) is 5.82 Å². The van der Waals surface area contributed by atoms with Crippen LogP contribution in [0.4, 0.5) is 10.5 Å². The number of amides is 1. The summed E-state index contributed by atoms with van der Waals surface area (Å²) in [6.07, 6.45) is 2.21. The highest BCUT2D eigenvalue weighted by Crippen LogP contribution is 2.39. The third-order valence-electron chi connectivity index (χ3n) is 8.24. The van der Waals surface area contributed by atoms with Crippen molar-refractivity contribution in [2.75, 3.05) is 50.7 Å². The Balaban J connectivity index is 1.21. The van der Waals surface area contributed by atoms with E-state index in [9.17, 15) is 20.1 Å². The van der Waals surface area contributed by atoms with Gasteiger partial charge in [-0.3, -0.25) is 4.90 Å². The van der Waals surface area contributed by atoms with Crippen molar-refractivity contribution in [1.29, 1.82) is 0 Å². The molecule has 2 fully saturated rings. The molecule has 40 heavy (non-hydrogen) atoms. The van der Waals surface area contributed by atoms with Crippen LogP contribution in [0.5, 0.6) is 17.5 Å². The second kappa shape index (κ2) is 11.6. The minimum atomic E-state index is -0.807. The van der Waals surface area contributed by atoms with Crippen LogP contribution in [0.2, 0.25) is 0 Å². The third-order valence-corrected chi connectivity index (χ3v) is 8.24. The molecule has 2 aliphatic rings. The number of hydrogen-bond acceptors (Lipinski definition) is 8. The zero-order chi connectivity index (χ0) is 28.4. The number of rotatable bonds is 7. The normalized spacial score (nSPS) is 17.1. The molecule has 0 saturated carbocycles. The van der Waals surface area contributed by atoms with E-state index < -0.39 is 6.09 Å². The van der Waals surface area contributed by atoms with E-state index in [1.54, 1.807) is 6.07 Å². The lowest BCUT2D eigenvalue weighted by molar-refractivity contribution is 0.119. The fourth-order valence-corrected chi connectivity index (χ4v) is 5.74. The molecule has 1 amide bonds. The number of aromatic hydroxyl groups is 3. The number of aromatic nitrogens is 3. The van der Waals surface area contributed by atoms with Crippen LogP contribution < -0.4 is 4.90 Å². The minimum Gasteiger partial charge on any atom is -0.508 e. The molecule has 1 aromatic heterocycles. The highest BCUT2D eigenvalue weighted by atomic mass is 16.4. The van der Waals surface area contributed by atoms with Crippen molar-refractivity contribution in [3.05, 3.63) is 42.0 Å². The van der Waals surface area contributed by atoms with Gasteiger partial charge in [-0.15, -0.1) is 5.10 Å². The summed E-state index contributed by atoms with van der Waals surface area (Å²) in [6, 6.07) is 10.5. The second-order valence-electron chi connectivity index (χ2n) is 11.1. The standard InChI is InChI=1S/C29H38N6O5/c1-19(2)23-17-24(26(37)18-25(23)36)27-30-31-28(38)35(27)22-5-3-21(4-6-22)33-15-13-32(14-16-33)10-7-20-8-11-34(12-9-20)29(39)40/h3-6,17-20,36-37H,7-16H2,1-2H3,(H,31,38)(H,39,40). The minimum absolute atomic E-state index is 0.0112. The molecule has 11 nitrogen and oxygen atoms in total. The molecule has 0 unspecified atom stereocenters. The van der Waals surface area contributed by atoms with Crippen LogP contribution in [0.25, 0.3) is 17.1 Å². The van der Waals surface area contributed by atoms with Crippen LogP contribution in [0.15, 0.2) is 36.4 Å². The zero-order valence-corrected chi connectivity index (χ0v) is 23.1. The van der Waals surface area contributed by atoms with Crippen molar-refractivity contribution in [3.63, 3.8) is 0 Å². The Morgan fingerprint density at radius 3 is 2.17 bits per heavy atom. The number of piperazine rings is 1. The first-order valence-corrected chi connectivity index (χ1v) is 14.0. The molecule has 0 bridgehead atoms. The number of hydrogen-bond donors (Lipinski definition) is 4. The van der Waals surface area contributed by atoms with Gasteiger partial charge in [0.25, 0.3) is 0 Å². The van der Waals surface area contributed by atoms with E-state index >= 15 is 0 Å². The summed E-state index contributed by atoms with van der Waals surface area (Å²) < 4.78 is 1.48. The van der Waals surface area contributed by atoms with Gasteiger partial charge in [0.2, 0.25) is 0 Å². The second-order valence-corrected chi connectivity index (χ2v) is 11.1. The first-order valence-electron chi connectivity index (χ1n) is 14.0. The Morgan fingerprint density at radius 2 is 1.55 bits per heavy atom. The van der Waals surface area contributed by atoms with Crippen LogP contribution in [0, 0.1) is 5.92 Å². The number of carboxylic acid groups (broad SMARTS) is 1. The molecule has 2 saturated heterocycles. The molecule has 2 aromatic carbocycles. The highest BCUT2D eigenvalue weighted by molar-refractivity contribution is 5.70. The molecule has 0 atom stereocenters. The summed E-state index contributed by atoms with van der Waals surface area (Å²) >= 11 is 0. The topological polar surface area (TPSA) is 138 Å². The monoisotopic (exact) mass is 550 g/mol. The number of likely N-dealkylation sites (tertiary alicyclic amines) is 1. The van der Waals surface area contributed by atoms with Crippen LogP contribution in [-0.4, -0.2) is 96.9 Å². The van der Waals surface area contributed by atoms with Gasteiger partial charge in [-0.2, -0.15) is 0 Å². The van der Waals surface area contributed by atoms with Gasteiger partial charge in [0.1, 0.15) is 11.5 Å². The largest absolute Gasteiger partial charge is 0.508 e. The number of piperidine rings is 1. The lowest BCUT2D eigenvalue weighted by Crippen LogP contribution is -2.47. The summed E-state index contributed by atoms with van der Waals surface area (Å²) in [4.78, 5) is 17.5. The summed E-state index contributed by atoms with van der Waals surface area (Å²) in [6.45, 7) is 10.0. The number of phenolic OH excluding ortho intramolecular Hbond substituents is 2. The molecule has 0 spiro atoms. The summed E-state index contributed by atoms with van der Waals surface area (Å²) in [5.41, 5.74) is 2.79. The Hall–Kier alpha value is -3.99. The summed E-state index contributed by atoms with van der Waals surface area (Å²) in [7, 11) is 0. The fraction of sp³-hybridized carbons (Fsp3) is 0.483. The Bertz CT molecular complexity index is 1330.